The van der Waals surface area contributed by atoms with Crippen molar-refractivity contribution >= 4 is 22.6 Å². The number of methoxy groups -OCH3 is 1. The van der Waals surface area contributed by atoms with Crippen molar-refractivity contribution in [2.75, 3.05) is 33.4 Å². The fourth-order valence-corrected chi connectivity index (χ4v) is 3.29. The zero-order chi connectivity index (χ0) is 17.6. The molecule has 25 heavy (non-hydrogen) atoms. The number of esters is 1. The quantitative estimate of drug-likeness (QED) is 0.784. The van der Waals surface area contributed by atoms with E-state index in [9.17, 15) is 9.59 Å². The second kappa shape index (κ2) is 8.12. The monoisotopic (exact) mass is 341 g/mol. The van der Waals surface area contributed by atoms with Crippen molar-refractivity contribution in [2.45, 2.75) is 12.8 Å². The lowest BCUT2D eigenvalue weighted by molar-refractivity contribution is -0.149. The number of morpholine rings is 1. The number of amides is 1. The van der Waals surface area contributed by atoms with Crippen molar-refractivity contribution in [3.8, 4) is 0 Å². The lowest BCUT2D eigenvalue weighted by atomic mass is 9.92. The minimum absolute atomic E-state index is 0.0149. The van der Waals surface area contributed by atoms with Gasteiger partial charge in [-0.2, -0.15) is 0 Å². The second-order valence-corrected chi connectivity index (χ2v) is 6.26. The lowest BCUT2D eigenvalue weighted by Crippen LogP contribution is -2.42. The van der Waals surface area contributed by atoms with Gasteiger partial charge in [-0.25, -0.2) is 0 Å². The Balaban J connectivity index is 1.78. The Kier molecular flexibility index (Phi) is 5.66. The zero-order valence-electron chi connectivity index (χ0n) is 14.4. The third-order valence-corrected chi connectivity index (χ3v) is 4.67. The maximum absolute atomic E-state index is 12.5. The van der Waals surface area contributed by atoms with Crippen LogP contribution in [0.3, 0.4) is 0 Å². The molecule has 2 aromatic rings. The van der Waals surface area contributed by atoms with Gasteiger partial charge in [-0.3, -0.25) is 9.59 Å². The summed E-state index contributed by atoms with van der Waals surface area (Å²) in [4.78, 5) is 26.6. The van der Waals surface area contributed by atoms with Gasteiger partial charge in [0.15, 0.2) is 0 Å². The summed E-state index contributed by atoms with van der Waals surface area (Å²) in [6, 6.07) is 14.1. The first kappa shape index (κ1) is 17.4. The molecule has 3 rings (SSSR count). The highest BCUT2D eigenvalue weighted by Gasteiger charge is 2.27. The van der Waals surface area contributed by atoms with E-state index in [1.165, 1.54) is 7.11 Å². The molecule has 5 heteroatoms. The zero-order valence-corrected chi connectivity index (χ0v) is 14.4. The van der Waals surface area contributed by atoms with Crippen LogP contribution in [0.4, 0.5) is 0 Å². The summed E-state index contributed by atoms with van der Waals surface area (Å²) in [7, 11) is 1.37. The number of hydrogen-bond donors (Lipinski definition) is 0. The lowest BCUT2D eigenvalue weighted by Gasteiger charge is -2.28. The van der Waals surface area contributed by atoms with E-state index in [1.807, 2.05) is 42.5 Å². The average molecular weight is 341 g/mol. The predicted octanol–water partition coefficient (Wildman–Crippen LogP) is 2.42. The van der Waals surface area contributed by atoms with E-state index >= 15 is 0 Å². The van der Waals surface area contributed by atoms with Crippen LogP contribution in [0.1, 0.15) is 12.0 Å². The van der Waals surface area contributed by atoms with Crippen LogP contribution >= 0.6 is 0 Å². The van der Waals surface area contributed by atoms with Crippen LogP contribution in [0, 0.1) is 5.92 Å². The van der Waals surface area contributed by atoms with Gasteiger partial charge in [-0.05, 0) is 22.8 Å². The van der Waals surface area contributed by atoms with Crippen molar-refractivity contribution < 1.29 is 19.1 Å². The molecule has 0 aromatic heterocycles. The van der Waals surface area contributed by atoms with Crippen molar-refractivity contribution in [1.82, 2.24) is 4.90 Å². The molecular weight excluding hydrogens is 318 g/mol. The molecule has 0 unspecified atom stereocenters. The summed E-state index contributed by atoms with van der Waals surface area (Å²) in [6.45, 7) is 2.28. The van der Waals surface area contributed by atoms with Crippen LogP contribution in [0.5, 0.6) is 0 Å². The van der Waals surface area contributed by atoms with Gasteiger partial charge in [0.2, 0.25) is 5.91 Å². The molecule has 5 nitrogen and oxygen atoms in total. The molecule has 1 fully saturated rings. The largest absolute Gasteiger partial charge is 0.469 e. The molecule has 1 aliphatic rings. The minimum Gasteiger partial charge on any atom is -0.469 e. The molecule has 0 radical (unpaired) electrons. The number of fused-ring (bicyclic) bond motifs is 1. The van der Waals surface area contributed by atoms with E-state index < -0.39 is 5.92 Å². The molecule has 132 valence electrons. The molecule has 2 aromatic carbocycles. The van der Waals surface area contributed by atoms with Crippen LogP contribution < -0.4 is 0 Å². The standard InChI is InChI=1S/C20H23NO4/c1-24-20(23)17(14-19(22)21-9-11-25-12-10-21)13-16-7-4-6-15-5-2-3-8-18(15)16/h2-8,17H,9-14H2,1H3/t17-/m1/s1. The third kappa shape index (κ3) is 4.17. The van der Waals surface area contributed by atoms with Gasteiger partial charge in [0, 0.05) is 19.5 Å². The summed E-state index contributed by atoms with van der Waals surface area (Å²) in [5.74, 6) is -0.834. The van der Waals surface area contributed by atoms with E-state index in [4.69, 9.17) is 9.47 Å². The van der Waals surface area contributed by atoms with Gasteiger partial charge in [0.1, 0.15) is 0 Å². The average Bonchev–Trinajstić information content (AvgIpc) is 2.67. The molecule has 1 aliphatic heterocycles. The van der Waals surface area contributed by atoms with E-state index in [2.05, 4.69) is 0 Å². The maximum Gasteiger partial charge on any atom is 0.309 e. The number of rotatable bonds is 5. The topological polar surface area (TPSA) is 55.8 Å². The van der Waals surface area contributed by atoms with Gasteiger partial charge >= 0.3 is 5.97 Å². The van der Waals surface area contributed by atoms with Crippen LogP contribution in [0.2, 0.25) is 0 Å². The molecular formula is C20H23NO4. The first-order valence-electron chi connectivity index (χ1n) is 8.59. The van der Waals surface area contributed by atoms with Gasteiger partial charge in [0.05, 0.1) is 26.2 Å². The number of carbonyl (C=O) groups is 2. The Hall–Kier alpha value is -2.40. The van der Waals surface area contributed by atoms with Crippen molar-refractivity contribution in [1.29, 1.82) is 0 Å². The third-order valence-electron chi connectivity index (χ3n) is 4.67. The summed E-state index contributed by atoms with van der Waals surface area (Å²) in [6.07, 6.45) is 0.653. The highest BCUT2D eigenvalue weighted by atomic mass is 16.5. The molecule has 1 atom stereocenters. The Labute approximate surface area is 147 Å². The SMILES string of the molecule is COC(=O)[C@@H](CC(=O)N1CCOCC1)Cc1cccc2ccccc12. The number of ether oxygens (including phenoxy) is 2. The van der Waals surface area contributed by atoms with Gasteiger partial charge in [-0.15, -0.1) is 0 Å². The molecule has 0 bridgehead atoms. The second-order valence-electron chi connectivity index (χ2n) is 6.26. The van der Waals surface area contributed by atoms with Crippen molar-refractivity contribution in [3.63, 3.8) is 0 Å². The van der Waals surface area contributed by atoms with E-state index in [1.54, 1.807) is 4.90 Å². The van der Waals surface area contributed by atoms with Crippen LogP contribution in [-0.2, 0) is 25.5 Å². The molecule has 0 spiro atoms. The highest BCUT2D eigenvalue weighted by Crippen LogP contribution is 2.23. The predicted molar refractivity (Wildman–Crippen MR) is 95.2 cm³/mol. The van der Waals surface area contributed by atoms with Crippen molar-refractivity contribution in [2.24, 2.45) is 5.92 Å². The van der Waals surface area contributed by atoms with Crippen molar-refractivity contribution in [3.05, 3.63) is 48.0 Å². The Morgan fingerprint density at radius 3 is 2.60 bits per heavy atom. The van der Waals surface area contributed by atoms with Gasteiger partial charge in [-0.1, -0.05) is 42.5 Å². The van der Waals surface area contributed by atoms with E-state index in [0.717, 1.165) is 16.3 Å². The maximum atomic E-state index is 12.5. The van der Waals surface area contributed by atoms with Crippen LogP contribution in [-0.4, -0.2) is 50.2 Å². The minimum atomic E-state index is -0.480. The van der Waals surface area contributed by atoms with E-state index in [0.29, 0.717) is 32.7 Å². The fourth-order valence-electron chi connectivity index (χ4n) is 3.29. The number of hydrogen-bond acceptors (Lipinski definition) is 4. The molecule has 1 saturated heterocycles. The molecule has 0 aliphatic carbocycles. The molecule has 1 heterocycles. The Morgan fingerprint density at radius 2 is 1.84 bits per heavy atom. The van der Waals surface area contributed by atoms with Gasteiger partial charge in [0.25, 0.3) is 0 Å². The number of benzene rings is 2. The Morgan fingerprint density at radius 1 is 1.12 bits per heavy atom. The molecule has 1 amide bonds. The summed E-state index contributed by atoms with van der Waals surface area (Å²) >= 11 is 0. The highest BCUT2D eigenvalue weighted by molar-refractivity contribution is 5.87. The fraction of sp³-hybridized carbons (Fsp3) is 0.400. The Bertz CT molecular complexity index is 747. The van der Waals surface area contributed by atoms with E-state index in [-0.39, 0.29) is 18.3 Å². The van der Waals surface area contributed by atoms with Gasteiger partial charge < -0.3 is 14.4 Å². The number of nitrogens with zero attached hydrogens (tertiary/aromatic N) is 1. The summed E-state index contributed by atoms with van der Waals surface area (Å²) in [5, 5.41) is 2.24. The van der Waals surface area contributed by atoms with Crippen LogP contribution in [0.25, 0.3) is 10.8 Å². The number of carbonyl (C=O) groups excluding carboxylic acids is 2. The van der Waals surface area contributed by atoms with Crippen LogP contribution in [0.15, 0.2) is 42.5 Å². The first-order valence-corrected chi connectivity index (χ1v) is 8.59. The first-order chi connectivity index (χ1) is 12.2. The summed E-state index contributed by atoms with van der Waals surface area (Å²) < 4.78 is 10.2. The molecule has 0 saturated carbocycles. The summed E-state index contributed by atoms with van der Waals surface area (Å²) in [5.41, 5.74) is 1.06. The normalized spacial score (nSPS) is 15.8. The molecule has 0 N–H and O–H groups in total. The smallest absolute Gasteiger partial charge is 0.309 e.